The predicted octanol–water partition coefficient (Wildman–Crippen LogP) is 2.37. The summed E-state index contributed by atoms with van der Waals surface area (Å²) in [6, 6.07) is 2.04. The topological polar surface area (TPSA) is 32.3 Å². The van der Waals surface area contributed by atoms with Gasteiger partial charge in [0.05, 0.1) is 10.4 Å². The van der Waals surface area contributed by atoms with E-state index in [4.69, 9.17) is 16.8 Å². The number of fused-ring (bicyclic) bond motifs is 1. The summed E-state index contributed by atoms with van der Waals surface area (Å²) >= 11 is 7.42. The molecule has 4 heteroatoms. The van der Waals surface area contributed by atoms with Crippen LogP contribution in [0.15, 0.2) is 6.07 Å². The molecular weight excluding hydrogens is 182 g/mol. The van der Waals surface area contributed by atoms with E-state index in [1.807, 2.05) is 6.07 Å². The summed E-state index contributed by atoms with van der Waals surface area (Å²) in [6.45, 7) is 0. The minimum atomic E-state index is 0.105. The minimum Gasteiger partial charge on any atom is -0.316 e. The van der Waals surface area contributed by atoms with Gasteiger partial charge in [-0.1, -0.05) is 11.6 Å². The molecule has 1 heterocycles. The van der Waals surface area contributed by atoms with Crippen molar-refractivity contribution in [3.05, 3.63) is 20.8 Å². The molecule has 0 spiro atoms. The van der Waals surface area contributed by atoms with Crippen molar-refractivity contribution >= 4 is 22.9 Å². The first-order chi connectivity index (χ1) is 5.31. The molecule has 0 aliphatic heterocycles. The molecule has 0 radical (unpaired) electrons. The van der Waals surface area contributed by atoms with Crippen LogP contribution in [-0.4, -0.2) is 5.21 Å². The van der Waals surface area contributed by atoms with Crippen LogP contribution >= 0.6 is 22.9 Å². The van der Waals surface area contributed by atoms with E-state index in [2.05, 4.69) is 5.48 Å². The molecule has 1 unspecified atom stereocenters. The highest BCUT2D eigenvalue weighted by Gasteiger charge is 2.23. The van der Waals surface area contributed by atoms with Gasteiger partial charge in [-0.15, -0.1) is 11.3 Å². The summed E-state index contributed by atoms with van der Waals surface area (Å²) in [5.74, 6) is 0. The van der Waals surface area contributed by atoms with Crippen LogP contribution in [0.5, 0.6) is 0 Å². The van der Waals surface area contributed by atoms with E-state index in [1.54, 1.807) is 11.3 Å². The Kier molecular flexibility index (Phi) is 1.89. The van der Waals surface area contributed by atoms with Crippen molar-refractivity contribution in [1.82, 2.24) is 5.48 Å². The standard InChI is InChI=1S/C7H8ClNOS/c8-7-3-4-5(9-10)1-2-6(4)11-7/h3,5,9-10H,1-2H2. The number of rotatable bonds is 1. The van der Waals surface area contributed by atoms with Crippen molar-refractivity contribution in [2.75, 3.05) is 0 Å². The highest BCUT2D eigenvalue weighted by Crippen LogP contribution is 2.38. The first-order valence-corrected chi connectivity index (χ1v) is 4.68. The molecule has 11 heavy (non-hydrogen) atoms. The summed E-state index contributed by atoms with van der Waals surface area (Å²) in [7, 11) is 0. The largest absolute Gasteiger partial charge is 0.316 e. The van der Waals surface area contributed by atoms with Crippen molar-refractivity contribution in [2.45, 2.75) is 18.9 Å². The lowest BCUT2D eigenvalue weighted by Crippen LogP contribution is -2.13. The summed E-state index contributed by atoms with van der Waals surface area (Å²) in [5.41, 5.74) is 3.45. The normalized spacial score (nSPS) is 22.2. The summed E-state index contributed by atoms with van der Waals surface area (Å²) in [5, 5.41) is 8.73. The van der Waals surface area contributed by atoms with E-state index in [-0.39, 0.29) is 6.04 Å². The lowest BCUT2D eigenvalue weighted by Gasteiger charge is -2.04. The smallest absolute Gasteiger partial charge is 0.0934 e. The molecule has 1 atom stereocenters. The summed E-state index contributed by atoms with van der Waals surface area (Å²) in [6.07, 6.45) is 2.01. The van der Waals surface area contributed by atoms with E-state index in [0.717, 1.165) is 17.2 Å². The average molecular weight is 190 g/mol. The molecule has 1 aromatic heterocycles. The summed E-state index contributed by atoms with van der Waals surface area (Å²) < 4.78 is 0.815. The molecule has 1 aliphatic rings. The molecule has 1 aromatic rings. The molecule has 0 amide bonds. The van der Waals surface area contributed by atoms with Gasteiger partial charge in [0.1, 0.15) is 0 Å². The molecule has 2 nitrogen and oxygen atoms in total. The van der Waals surface area contributed by atoms with E-state index in [0.29, 0.717) is 0 Å². The van der Waals surface area contributed by atoms with Gasteiger partial charge in [-0.25, -0.2) is 0 Å². The number of hydrogen-bond acceptors (Lipinski definition) is 3. The Balaban J connectivity index is 2.37. The zero-order chi connectivity index (χ0) is 7.84. The van der Waals surface area contributed by atoms with E-state index in [9.17, 15) is 0 Å². The molecule has 0 saturated carbocycles. The van der Waals surface area contributed by atoms with Crippen molar-refractivity contribution < 1.29 is 5.21 Å². The van der Waals surface area contributed by atoms with Gasteiger partial charge in [0, 0.05) is 4.88 Å². The van der Waals surface area contributed by atoms with Crippen LogP contribution < -0.4 is 5.48 Å². The molecule has 2 N–H and O–H groups in total. The van der Waals surface area contributed by atoms with Gasteiger partial charge in [0.25, 0.3) is 0 Å². The van der Waals surface area contributed by atoms with Crippen LogP contribution in [0, 0.1) is 0 Å². The van der Waals surface area contributed by atoms with Crippen LogP contribution in [0.2, 0.25) is 4.34 Å². The van der Waals surface area contributed by atoms with Gasteiger partial charge in [0.15, 0.2) is 0 Å². The van der Waals surface area contributed by atoms with Gasteiger partial charge in [0.2, 0.25) is 0 Å². The lowest BCUT2D eigenvalue weighted by atomic mass is 10.2. The molecule has 1 aliphatic carbocycles. The Labute approximate surface area is 73.8 Å². The zero-order valence-corrected chi connectivity index (χ0v) is 7.37. The monoisotopic (exact) mass is 189 g/mol. The Morgan fingerprint density at radius 3 is 3.27 bits per heavy atom. The quantitative estimate of drug-likeness (QED) is 0.665. The molecule has 0 fully saturated rings. The second-order valence-electron chi connectivity index (χ2n) is 2.65. The highest BCUT2D eigenvalue weighted by molar-refractivity contribution is 7.16. The number of halogens is 1. The molecule has 2 rings (SSSR count). The number of hydrogen-bond donors (Lipinski definition) is 2. The van der Waals surface area contributed by atoms with Crippen LogP contribution in [0.25, 0.3) is 0 Å². The van der Waals surface area contributed by atoms with Crippen molar-refractivity contribution in [3.8, 4) is 0 Å². The van der Waals surface area contributed by atoms with Gasteiger partial charge in [-0.05, 0) is 24.5 Å². The average Bonchev–Trinajstić information content (AvgIpc) is 2.45. The number of nitrogens with one attached hydrogen (secondary N) is 1. The third-order valence-corrected chi connectivity index (χ3v) is 3.34. The maximum Gasteiger partial charge on any atom is 0.0934 e. The molecule has 0 saturated heterocycles. The van der Waals surface area contributed by atoms with Crippen molar-refractivity contribution in [3.63, 3.8) is 0 Å². The fourth-order valence-corrected chi connectivity index (χ4v) is 2.82. The number of hydroxylamine groups is 1. The fourth-order valence-electron chi connectivity index (χ4n) is 1.46. The Hall–Kier alpha value is -0.0900. The fraction of sp³-hybridized carbons (Fsp3) is 0.429. The number of thiophene rings is 1. The predicted molar refractivity (Wildman–Crippen MR) is 45.3 cm³/mol. The first kappa shape index (κ1) is 7.55. The van der Waals surface area contributed by atoms with Crippen LogP contribution in [0.3, 0.4) is 0 Å². The molecule has 0 bridgehead atoms. The summed E-state index contributed by atoms with van der Waals surface area (Å²) in [4.78, 5) is 1.31. The minimum absolute atomic E-state index is 0.105. The second-order valence-corrected chi connectivity index (χ2v) is 4.42. The van der Waals surface area contributed by atoms with Gasteiger partial charge in [-0.3, -0.25) is 0 Å². The van der Waals surface area contributed by atoms with Gasteiger partial charge >= 0.3 is 0 Å². The SMILES string of the molecule is ONC1CCc2sc(Cl)cc21. The Morgan fingerprint density at radius 1 is 1.73 bits per heavy atom. The van der Waals surface area contributed by atoms with E-state index < -0.39 is 0 Å². The third kappa shape index (κ3) is 1.18. The lowest BCUT2D eigenvalue weighted by molar-refractivity contribution is 0.126. The van der Waals surface area contributed by atoms with E-state index >= 15 is 0 Å². The van der Waals surface area contributed by atoms with Crippen LogP contribution in [-0.2, 0) is 6.42 Å². The highest BCUT2D eigenvalue weighted by atomic mass is 35.5. The number of aryl methyl sites for hydroxylation is 1. The van der Waals surface area contributed by atoms with Crippen molar-refractivity contribution in [2.24, 2.45) is 0 Å². The molecular formula is C7H8ClNOS. The Bertz CT molecular complexity index is 273. The van der Waals surface area contributed by atoms with Crippen molar-refractivity contribution in [1.29, 1.82) is 0 Å². The second kappa shape index (κ2) is 2.75. The van der Waals surface area contributed by atoms with Gasteiger partial charge in [-0.2, -0.15) is 5.48 Å². The van der Waals surface area contributed by atoms with Gasteiger partial charge < -0.3 is 5.21 Å². The maximum absolute atomic E-state index is 8.73. The zero-order valence-electron chi connectivity index (χ0n) is 5.80. The van der Waals surface area contributed by atoms with Crippen LogP contribution in [0.4, 0.5) is 0 Å². The first-order valence-electron chi connectivity index (χ1n) is 3.49. The molecule has 0 aromatic carbocycles. The van der Waals surface area contributed by atoms with E-state index in [1.165, 1.54) is 10.4 Å². The van der Waals surface area contributed by atoms with Crippen LogP contribution in [0.1, 0.15) is 22.9 Å². The third-order valence-electron chi connectivity index (χ3n) is 2.00. The molecule has 60 valence electrons. The Morgan fingerprint density at radius 2 is 2.55 bits per heavy atom. The maximum atomic E-state index is 8.73.